The van der Waals surface area contributed by atoms with Crippen LogP contribution in [0.2, 0.25) is 0 Å². The normalized spacial score (nSPS) is 45.5. The topological polar surface area (TPSA) is 40.5 Å². The standard InChI is InChI=1S/C15H26O2/c1-10-5-6-12-14(2,3)13(17)7-8-15(12,4)11(10)9-16/h11-13,16-17H,1,5-9H2,2-4H3/t11-,12+,13+,15-/m1/s1. The van der Waals surface area contributed by atoms with E-state index in [-0.39, 0.29) is 29.5 Å². The van der Waals surface area contributed by atoms with Crippen LogP contribution in [0.25, 0.3) is 0 Å². The molecule has 2 aliphatic carbocycles. The van der Waals surface area contributed by atoms with E-state index in [9.17, 15) is 10.2 Å². The van der Waals surface area contributed by atoms with Crippen LogP contribution in [0.15, 0.2) is 12.2 Å². The number of rotatable bonds is 1. The van der Waals surface area contributed by atoms with E-state index in [1.165, 1.54) is 5.57 Å². The molecule has 0 aliphatic heterocycles. The summed E-state index contributed by atoms with van der Waals surface area (Å²) in [5.41, 5.74) is 1.28. The highest BCUT2D eigenvalue weighted by Gasteiger charge is 2.55. The molecule has 0 spiro atoms. The zero-order valence-electron chi connectivity index (χ0n) is 11.4. The Hall–Kier alpha value is -0.340. The first kappa shape index (κ1) is 13.1. The molecule has 98 valence electrons. The van der Waals surface area contributed by atoms with E-state index in [1.54, 1.807) is 0 Å². The van der Waals surface area contributed by atoms with E-state index in [4.69, 9.17) is 0 Å². The van der Waals surface area contributed by atoms with Gasteiger partial charge in [-0.1, -0.05) is 32.9 Å². The summed E-state index contributed by atoms with van der Waals surface area (Å²) < 4.78 is 0. The maximum Gasteiger partial charge on any atom is 0.0594 e. The van der Waals surface area contributed by atoms with E-state index in [1.807, 2.05) is 0 Å². The number of aliphatic hydroxyl groups excluding tert-OH is 2. The molecule has 2 saturated carbocycles. The van der Waals surface area contributed by atoms with Crippen molar-refractivity contribution in [3.63, 3.8) is 0 Å². The Morgan fingerprint density at radius 3 is 2.53 bits per heavy atom. The third kappa shape index (κ3) is 1.77. The third-order valence-corrected chi connectivity index (χ3v) is 5.73. The van der Waals surface area contributed by atoms with E-state index >= 15 is 0 Å². The van der Waals surface area contributed by atoms with Crippen molar-refractivity contribution in [2.45, 2.75) is 52.6 Å². The average Bonchev–Trinajstić information content (AvgIpc) is 2.24. The minimum Gasteiger partial charge on any atom is -0.396 e. The fourth-order valence-electron chi connectivity index (χ4n) is 4.50. The van der Waals surface area contributed by atoms with Gasteiger partial charge in [-0.3, -0.25) is 0 Å². The van der Waals surface area contributed by atoms with Crippen LogP contribution in [0.5, 0.6) is 0 Å². The van der Waals surface area contributed by atoms with Gasteiger partial charge in [0.1, 0.15) is 0 Å². The average molecular weight is 238 g/mol. The van der Waals surface area contributed by atoms with Gasteiger partial charge in [0.15, 0.2) is 0 Å². The molecule has 0 unspecified atom stereocenters. The van der Waals surface area contributed by atoms with Crippen LogP contribution in [-0.4, -0.2) is 22.9 Å². The second-order valence-corrected chi connectivity index (χ2v) is 6.87. The highest BCUT2D eigenvalue weighted by Crippen LogP contribution is 2.60. The predicted molar refractivity (Wildman–Crippen MR) is 69.6 cm³/mol. The van der Waals surface area contributed by atoms with Gasteiger partial charge >= 0.3 is 0 Å². The van der Waals surface area contributed by atoms with E-state index in [2.05, 4.69) is 27.4 Å². The largest absolute Gasteiger partial charge is 0.396 e. The van der Waals surface area contributed by atoms with Crippen molar-refractivity contribution in [3.8, 4) is 0 Å². The Labute approximate surface area is 105 Å². The Bertz CT molecular complexity index is 321. The second-order valence-electron chi connectivity index (χ2n) is 6.87. The maximum absolute atomic E-state index is 10.2. The van der Waals surface area contributed by atoms with Gasteiger partial charge < -0.3 is 10.2 Å². The van der Waals surface area contributed by atoms with Crippen molar-refractivity contribution < 1.29 is 10.2 Å². The number of fused-ring (bicyclic) bond motifs is 1. The lowest BCUT2D eigenvalue weighted by Gasteiger charge is -2.59. The number of hydrogen-bond acceptors (Lipinski definition) is 2. The molecule has 2 nitrogen and oxygen atoms in total. The highest BCUT2D eigenvalue weighted by atomic mass is 16.3. The molecule has 0 aromatic carbocycles. The summed E-state index contributed by atoms with van der Waals surface area (Å²) in [6.07, 6.45) is 3.76. The van der Waals surface area contributed by atoms with Gasteiger partial charge in [0.2, 0.25) is 0 Å². The van der Waals surface area contributed by atoms with Crippen LogP contribution in [0.1, 0.15) is 46.5 Å². The molecular weight excluding hydrogens is 212 g/mol. The highest BCUT2D eigenvalue weighted by molar-refractivity contribution is 5.16. The van der Waals surface area contributed by atoms with Crippen LogP contribution >= 0.6 is 0 Å². The second kappa shape index (κ2) is 4.10. The molecular formula is C15H26O2. The smallest absolute Gasteiger partial charge is 0.0594 e. The Balaban J connectivity index is 2.37. The van der Waals surface area contributed by atoms with Gasteiger partial charge in [-0.15, -0.1) is 0 Å². The summed E-state index contributed by atoms with van der Waals surface area (Å²) in [5.74, 6) is 0.703. The first-order valence-electron chi connectivity index (χ1n) is 6.80. The monoisotopic (exact) mass is 238 g/mol. The molecule has 17 heavy (non-hydrogen) atoms. The predicted octanol–water partition coefficient (Wildman–Crippen LogP) is 2.75. The molecule has 0 saturated heterocycles. The summed E-state index contributed by atoms with van der Waals surface area (Å²) in [6, 6.07) is 0. The van der Waals surface area contributed by atoms with Gasteiger partial charge in [0, 0.05) is 5.92 Å². The zero-order chi connectivity index (χ0) is 12.8. The molecule has 0 aromatic rings. The molecule has 0 heterocycles. The lowest BCUT2D eigenvalue weighted by molar-refractivity contribution is -0.130. The van der Waals surface area contributed by atoms with Crippen molar-refractivity contribution in [1.29, 1.82) is 0 Å². The molecule has 2 fully saturated rings. The van der Waals surface area contributed by atoms with Crippen LogP contribution in [0.3, 0.4) is 0 Å². The van der Waals surface area contributed by atoms with E-state index in [0.29, 0.717) is 5.92 Å². The van der Waals surface area contributed by atoms with Gasteiger partial charge in [0.05, 0.1) is 12.7 Å². The zero-order valence-corrected chi connectivity index (χ0v) is 11.4. The van der Waals surface area contributed by atoms with Gasteiger partial charge in [-0.05, 0) is 42.4 Å². The lowest BCUT2D eigenvalue weighted by atomic mass is 9.47. The van der Waals surface area contributed by atoms with Crippen LogP contribution in [0, 0.1) is 22.7 Å². The van der Waals surface area contributed by atoms with Crippen LogP contribution < -0.4 is 0 Å². The molecule has 2 aliphatic rings. The summed E-state index contributed by atoms with van der Waals surface area (Å²) >= 11 is 0. The first-order chi connectivity index (χ1) is 7.84. The van der Waals surface area contributed by atoms with E-state index in [0.717, 1.165) is 25.7 Å². The fourth-order valence-corrected chi connectivity index (χ4v) is 4.50. The minimum absolute atomic E-state index is 0.0406. The van der Waals surface area contributed by atoms with Crippen LogP contribution in [0.4, 0.5) is 0 Å². The Kier molecular flexibility index (Phi) is 3.16. The molecule has 0 radical (unpaired) electrons. The van der Waals surface area contributed by atoms with Crippen LogP contribution in [-0.2, 0) is 0 Å². The quantitative estimate of drug-likeness (QED) is 0.690. The summed E-state index contributed by atoms with van der Waals surface area (Å²) in [7, 11) is 0. The fraction of sp³-hybridized carbons (Fsp3) is 0.867. The summed E-state index contributed by atoms with van der Waals surface area (Å²) in [5, 5.41) is 19.9. The first-order valence-corrected chi connectivity index (χ1v) is 6.80. The Morgan fingerprint density at radius 1 is 1.29 bits per heavy atom. The van der Waals surface area contributed by atoms with E-state index < -0.39 is 0 Å². The Morgan fingerprint density at radius 2 is 1.94 bits per heavy atom. The van der Waals surface area contributed by atoms with Crippen molar-refractivity contribution in [2.24, 2.45) is 22.7 Å². The van der Waals surface area contributed by atoms with Crippen molar-refractivity contribution in [2.75, 3.05) is 6.61 Å². The number of aliphatic hydroxyl groups is 2. The third-order valence-electron chi connectivity index (χ3n) is 5.73. The molecule has 0 amide bonds. The van der Waals surface area contributed by atoms with Crippen molar-refractivity contribution in [3.05, 3.63) is 12.2 Å². The molecule has 4 atom stereocenters. The SMILES string of the molecule is C=C1CC[C@H]2C(C)(C)[C@@H](O)CC[C@]2(C)[C@@H]1CO. The maximum atomic E-state index is 10.2. The summed E-state index contributed by atoms with van der Waals surface area (Å²) in [6.45, 7) is 11.0. The van der Waals surface area contributed by atoms with Crippen molar-refractivity contribution in [1.82, 2.24) is 0 Å². The van der Waals surface area contributed by atoms with Crippen molar-refractivity contribution >= 4 is 0 Å². The molecule has 2 N–H and O–H groups in total. The molecule has 2 heteroatoms. The molecule has 2 rings (SSSR count). The lowest BCUT2D eigenvalue weighted by Crippen LogP contribution is -2.55. The van der Waals surface area contributed by atoms with Gasteiger partial charge in [-0.25, -0.2) is 0 Å². The van der Waals surface area contributed by atoms with Gasteiger partial charge in [0.25, 0.3) is 0 Å². The molecule has 0 aromatic heterocycles. The summed E-state index contributed by atoms with van der Waals surface area (Å²) in [4.78, 5) is 0. The molecule has 0 bridgehead atoms. The number of hydrogen-bond donors (Lipinski definition) is 2. The van der Waals surface area contributed by atoms with Gasteiger partial charge in [-0.2, -0.15) is 0 Å². The minimum atomic E-state index is -0.203.